The molecule has 0 fully saturated rings. The summed E-state index contributed by atoms with van der Waals surface area (Å²) < 4.78 is 29.4. The van der Waals surface area contributed by atoms with Crippen molar-refractivity contribution < 1.29 is 13.9 Å². The van der Waals surface area contributed by atoms with Crippen LogP contribution in [0.25, 0.3) is 11.0 Å². The standard InChI is InChI=1S/C27H30FN5O2/c1-5-34-20-14-23(26(28)24(15-20)35-17(2)3)33(19-12-10-18(11-13-19)27(29)30)16-25-31-21-8-6-7-9-22(21)32(25)4/h6-15,17H,5,16H2,1-4H3,(H3,29,30). The third kappa shape index (κ3) is 5.06. The van der Waals surface area contributed by atoms with Gasteiger partial charge in [-0.05, 0) is 57.2 Å². The zero-order valence-corrected chi connectivity index (χ0v) is 20.4. The molecule has 1 aromatic heterocycles. The summed E-state index contributed by atoms with van der Waals surface area (Å²) in [6, 6.07) is 18.2. The third-order valence-electron chi connectivity index (χ3n) is 5.63. The Labute approximate surface area is 204 Å². The Morgan fingerprint density at radius 1 is 1.14 bits per heavy atom. The van der Waals surface area contributed by atoms with Gasteiger partial charge in [0.25, 0.3) is 0 Å². The van der Waals surface area contributed by atoms with Crippen molar-refractivity contribution in [3.63, 3.8) is 0 Å². The SMILES string of the molecule is CCOc1cc(OC(C)C)c(F)c(N(Cc2nc3ccccc3n2C)c2ccc(C(=N)N)cc2)c1. The van der Waals surface area contributed by atoms with Crippen LogP contribution in [0.5, 0.6) is 11.5 Å². The number of halogens is 1. The molecule has 0 radical (unpaired) electrons. The van der Waals surface area contributed by atoms with E-state index in [0.717, 1.165) is 16.9 Å². The molecule has 4 rings (SSSR count). The zero-order chi connectivity index (χ0) is 25.1. The number of anilines is 2. The van der Waals surface area contributed by atoms with Crippen molar-refractivity contribution in [1.29, 1.82) is 5.41 Å². The number of nitrogens with two attached hydrogens (primary N) is 1. The molecule has 7 nitrogen and oxygen atoms in total. The lowest BCUT2D eigenvalue weighted by molar-refractivity contribution is 0.229. The highest BCUT2D eigenvalue weighted by Gasteiger charge is 2.23. The smallest absolute Gasteiger partial charge is 0.188 e. The van der Waals surface area contributed by atoms with Gasteiger partial charge >= 0.3 is 0 Å². The van der Waals surface area contributed by atoms with Gasteiger partial charge in [0.1, 0.15) is 17.4 Å². The van der Waals surface area contributed by atoms with Gasteiger partial charge in [-0.3, -0.25) is 5.41 Å². The topological polar surface area (TPSA) is 89.4 Å². The van der Waals surface area contributed by atoms with Gasteiger partial charge in [0.05, 0.1) is 36.0 Å². The maximum absolute atomic E-state index is 15.9. The number of fused-ring (bicyclic) bond motifs is 1. The second-order valence-electron chi connectivity index (χ2n) is 8.48. The van der Waals surface area contributed by atoms with Gasteiger partial charge in [-0.1, -0.05) is 12.1 Å². The first-order chi connectivity index (χ1) is 16.8. The average Bonchev–Trinajstić information content (AvgIpc) is 3.15. The van der Waals surface area contributed by atoms with E-state index in [-0.39, 0.29) is 24.2 Å². The van der Waals surface area contributed by atoms with Gasteiger partial charge in [0, 0.05) is 30.4 Å². The Morgan fingerprint density at radius 2 is 1.86 bits per heavy atom. The average molecular weight is 476 g/mol. The number of hydrogen-bond donors (Lipinski definition) is 2. The van der Waals surface area contributed by atoms with E-state index in [1.54, 1.807) is 24.3 Å². The highest BCUT2D eigenvalue weighted by atomic mass is 19.1. The van der Waals surface area contributed by atoms with Crippen LogP contribution in [0.3, 0.4) is 0 Å². The van der Waals surface area contributed by atoms with Crippen molar-refractivity contribution in [3.05, 3.63) is 77.9 Å². The lowest BCUT2D eigenvalue weighted by atomic mass is 10.1. The van der Waals surface area contributed by atoms with E-state index < -0.39 is 5.82 Å². The Hall–Kier alpha value is -4.07. The molecule has 4 aromatic rings. The normalized spacial score (nSPS) is 11.1. The predicted molar refractivity (Wildman–Crippen MR) is 137 cm³/mol. The van der Waals surface area contributed by atoms with Crippen LogP contribution in [0, 0.1) is 11.2 Å². The van der Waals surface area contributed by atoms with Crippen LogP contribution in [-0.4, -0.2) is 28.1 Å². The highest BCUT2D eigenvalue weighted by molar-refractivity contribution is 5.95. The molecule has 0 spiro atoms. The zero-order valence-electron chi connectivity index (χ0n) is 20.4. The third-order valence-corrected chi connectivity index (χ3v) is 5.63. The molecule has 182 valence electrons. The maximum Gasteiger partial charge on any atom is 0.188 e. The number of aromatic nitrogens is 2. The molecule has 0 saturated heterocycles. The van der Waals surface area contributed by atoms with Crippen LogP contribution in [-0.2, 0) is 13.6 Å². The van der Waals surface area contributed by atoms with E-state index in [0.29, 0.717) is 29.3 Å². The van der Waals surface area contributed by atoms with E-state index in [4.69, 9.17) is 25.6 Å². The first-order valence-electron chi connectivity index (χ1n) is 11.5. The summed E-state index contributed by atoms with van der Waals surface area (Å²) in [5.74, 6) is 0.868. The number of hydrogen-bond acceptors (Lipinski definition) is 5. The molecule has 35 heavy (non-hydrogen) atoms. The first kappa shape index (κ1) is 24.1. The van der Waals surface area contributed by atoms with Crippen LogP contribution >= 0.6 is 0 Å². The van der Waals surface area contributed by atoms with Gasteiger partial charge < -0.3 is 24.7 Å². The number of rotatable bonds is 9. The van der Waals surface area contributed by atoms with Gasteiger partial charge in [-0.2, -0.15) is 0 Å². The van der Waals surface area contributed by atoms with Crippen molar-refractivity contribution in [2.45, 2.75) is 33.4 Å². The number of imidazole rings is 1. The number of nitrogens with one attached hydrogen (secondary N) is 1. The van der Waals surface area contributed by atoms with Gasteiger partial charge in [0.15, 0.2) is 11.6 Å². The van der Waals surface area contributed by atoms with Crippen molar-refractivity contribution in [1.82, 2.24) is 9.55 Å². The minimum atomic E-state index is -0.489. The molecule has 8 heteroatoms. The van der Waals surface area contributed by atoms with Crippen molar-refractivity contribution in [2.75, 3.05) is 11.5 Å². The Balaban J connectivity index is 1.87. The number of amidine groups is 1. The second kappa shape index (κ2) is 10.0. The summed E-state index contributed by atoms with van der Waals surface area (Å²) in [6.07, 6.45) is -0.211. The minimum Gasteiger partial charge on any atom is -0.494 e. The van der Waals surface area contributed by atoms with Crippen LogP contribution in [0.1, 0.15) is 32.2 Å². The molecular formula is C27H30FN5O2. The van der Waals surface area contributed by atoms with Crippen LogP contribution in [0.15, 0.2) is 60.7 Å². The number of ether oxygens (including phenoxy) is 2. The van der Waals surface area contributed by atoms with Crippen LogP contribution < -0.4 is 20.1 Å². The fraction of sp³-hybridized carbons (Fsp3) is 0.259. The Morgan fingerprint density at radius 3 is 2.49 bits per heavy atom. The number of benzene rings is 3. The van der Waals surface area contributed by atoms with Crippen LogP contribution in [0.4, 0.5) is 15.8 Å². The van der Waals surface area contributed by atoms with E-state index in [9.17, 15) is 0 Å². The molecule has 3 N–H and O–H groups in total. The van der Waals surface area contributed by atoms with Crippen molar-refractivity contribution >= 4 is 28.2 Å². The summed E-state index contributed by atoms with van der Waals surface area (Å²) in [7, 11) is 1.95. The number of nitrogen functional groups attached to an aromatic ring is 1. The lowest BCUT2D eigenvalue weighted by Gasteiger charge is -2.27. The molecule has 3 aromatic carbocycles. The summed E-state index contributed by atoms with van der Waals surface area (Å²) in [5.41, 5.74) is 9.10. The molecule has 0 atom stereocenters. The summed E-state index contributed by atoms with van der Waals surface area (Å²) in [4.78, 5) is 6.62. The Kier molecular flexibility index (Phi) is 6.91. The fourth-order valence-electron chi connectivity index (χ4n) is 3.96. The van der Waals surface area contributed by atoms with Crippen LogP contribution in [0.2, 0.25) is 0 Å². The number of nitrogens with zero attached hydrogens (tertiary/aromatic N) is 3. The molecule has 0 aliphatic carbocycles. The minimum absolute atomic E-state index is 0.0319. The second-order valence-corrected chi connectivity index (χ2v) is 8.48. The molecule has 0 unspecified atom stereocenters. The molecule has 1 heterocycles. The number of aryl methyl sites for hydroxylation is 1. The maximum atomic E-state index is 15.9. The van der Waals surface area contributed by atoms with E-state index in [1.807, 2.05) is 73.7 Å². The fourth-order valence-corrected chi connectivity index (χ4v) is 3.96. The molecule has 0 amide bonds. The lowest BCUT2D eigenvalue weighted by Crippen LogP contribution is -2.21. The van der Waals surface area contributed by atoms with Crippen molar-refractivity contribution in [3.8, 4) is 11.5 Å². The number of para-hydroxylation sites is 2. The van der Waals surface area contributed by atoms with E-state index >= 15 is 4.39 Å². The molecular weight excluding hydrogens is 445 g/mol. The van der Waals surface area contributed by atoms with Gasteiger partial charge in [0.2, 0.25) is 0 Å². The predicted octanol–water partition coefficient (Wildman–Crippen LogP) is 5.52. The summed E-state index contributed by atoms with van der Waals surface area (Å²) in [6.45, 7) is 6.31. The molecule has 0 saturated carbocycles. The van der Waals surface area contributed by atoms with E-state index in [1.165, 1.54) is 0 Å². The monoisotopic (exact) mass is 475 g/mol. The van der Waals surface area contributed by atoms with Gasteiger partial charge in [-0.15, -0.1) is 0 Å². The summed E-state index contributed by atoms with van der Waals surface area (Å²) >= 11 is 0. The molecule has 0 aliphatic rings. The van der Waals surface area contributed by atoms with E-state index in [2.05, 4.69) is 0 Å². The molecule has 0 aliphatic heterocycles. The highest BCUT2D eigenvalue weighted by Crippen LogP contribution is 2.38. The van der Waals surface area contributed by atoms with Gasteiger partial charge in [-0.25, -0.2) is 9.37 Å². The van der Waals surface area contributed by atoms with Crippen molar-refractivity contribution in [2.24, 2.45) is 12.8 Å². The quantitative estimate of drug-likeness (QED) is 0.246. The Bertz CT molecular complexity index is 1350. The first-order valence-corrected chi connectivity index (χ1v) is 11.5. The largest absolute Gasteiger partial charge is 0.494 e. The summed E-state index contributed by atoms with van der Waals surface area (Å²) in [5, 5.41) is 7.71. The molecule has 0 bridgehead atoms.